The van der Waals surface area contributed by atoms with Gasteiger partial charge in [-0.05, 0) is 31.9 Å². The monoisotopic (exact) mass is 431 g/mol. The van der Waals surface area contributed by atoms with Crippen molar-refractivity contribution < 1.29 is 26.6 Å². The van der Waals surface area contributed by atoms with Crippen LogP contribution in [0.3, 0.4) is 0 Å². The molecule has 1 atom stereocenters. The molecule has 3 rings (SSSR count). The first-order valence-electron chi connectivity index (χ1n) is 9.58. The fourth-order valence-electron chi connectivity index (χ4n) is 2.85. The largest absolute Gasteiger partial charge is 0.359 e. The molecule has 0 aliphatic heterocycles. The molecule has 0 aliphatic carbocycles. The van der Waals surface area contributed by atoms with E-state index in [0.29, 0.717) is 24.3 Å². The van der Waals surface area contributed by atoms with Crippen LogP contribution in [0.4, 0.5) is 0 Å². The summed E-state index contributed by atoms with van der Waals surface area (Å²) in [4.78, 5) is 0.142. The molecule has 0 saturated heterocycles. The number of hydrogen-bond acceptors (Lipinski definition) is 7. The third kappa shape index (κ3) is 5.99. The Morgan fingerprint density at radius 2 is 1.80 bits per heavy atom. The second kappa shape index (κ2) is 10.5. The highest BCUT2D eigenvalue weighted by Gasteiger charge is 2.20. The van der Waals surface area contributed by atoms with Crippen molar-refractivity contribution in [1.29, 1.82) is 0 Å². The van der Waals surface area contributed by atoms with Crippen LogP contribution < -0.4 is 0 Å². The summed E-state index contributed by atoms with van der Waals surface area (Å²) >= 11 is 0. The molecule has 1 aromatic heterocycles. The third-order valence-electron chi connectivity index (χ3n) is 4.46. The van der Waals surface area contributed by atoms with Crippen LogP contribution in [0.1, 0.15) is 30.3 Å². The van der Waals surface area contributed by atoms with Gasteiger partial charge >= 0.3 is 0 Å². The Labute approximate surface area is 176 Å². The van der Waals surface area contributed by atoms with Crippen LogP contribution in [-0.2, 0) is 23.8 Å². The van der Waals surface area contributed by atoms with Crippen molar-refractivity contribution >= 4 is 10.1 Å². The summed E-state index contributed by atoms with van der Waals surface area (Å²) in [5.74, 6) is 0.548. The molecular formula is C22H25NO6S. The molecular weight excluding hydrogens is 406 g/mol. The van der Waals surface area contributed by atoms with Crippen LogP contribution in [0, 0.1) is 6.92 Å². The van der Waals surface area contributed by atoms with Gasteiger partial charge in [0.05, 0.1) is 11.5 Å². The van der Waals surface area contributed by atoms with Gasteiger partial charge in [-0.25, -0.2) is 0 Å². The van der Waals surface area contributed by atoms with E-state index < -0.39 is 16.2 Å². The number of methoxy groups -OCH3 is 1. The average molecular weight is 432 g/mol. The van der Waals surface area contributed by atoms with Crippen LogP contribution in [0.25, 0.3) is 11.3 Å². The predicted molar refractivity (Wildman–Crippen MR) is 111 cm³/mol. The molecule has 0 aliphatic rings. The lowest BCUT2D eigenvalue weighted by Crippen LogP contribution is -2.10. The molecule has 0 radical (unpaired) electrons. The first-order valence-corrected chi connectivity index (χ1v) is 11.0. The number of benzene rings is 2. The topological polar surface area (TPSA) is 87.9 Å². The normalized spacial score (nSPS) is 12.7. The first-order chi connectivity index (χ1) is 14.5. The highest BCUT2D eigenvalue weighted by Crippen LogP contribution is 2.28. The zero-order valence-corrected chi connectivity index (χ0v) is 17.8. The van der Waals surface area contributed by atoms with Gasteiger partial charge in [0, 0.05) is 18.7 Å². The molecule has 0 amide bonds. The maximum Gasteiger partial charge on any atom is 0.296 e. The van der Waals surface area contributed by atoms with E-state index in [4.69, 9.17) is 18.2 Å². The minimum absolute atomic E-state index is 0.0305. The maximum absolute atomic E-state index is 12.3. The number of aromatic nitrogens is 1. The molecule has 3 aromatic rings. The van der Waals surface area contributed by atoms with Crippen LogP contribution in [0.15, 0.2) is 70.1 Å². The molecule has 0 saturated carbocycles. The minimum atomic E-state index is -3.79. The average Bonchev–Trinajstić information content (AvgIpc) is 3.24. The van der Waals surface area contributed by atoms with Gasteiger partial charge in [0.25, 0.3) is 10.1 Å². The Morgan fingerprint density at radius 1 is 1.07 bits per heavy atom. The third-order valence-corrected chi connectivity index (χ3v) is 5.79. The standard InChI is InChI=1S/C22H25NO6S/c1-17-10-12-19(13-11-17)30(24,25)28-14-6-9-21(27-16-26-2)22-15-20(23-29-22)18-7-4-3-5-8-18/h3-5,7-8,10-13,15,21H,6,9,14,16H2,1-2H3. The number of aryl methyl sites for hydroxylation is 1. The Balaban J connectivity index is 1.59. The zero-order valence-electron chi connectivity index (χ0n) is 17.0. The van der Waals surface area contributed by atoms with E-state index in [1.165, 1.54) is 19.2 Å². The maximum atomic E-state index is 12.3. The van der Waals surface area contributed by atoms with E-state index in [0.717, 1.165) is 11.1 Å². The van der Waals surface area contributed by atoms with Gasteiger partial charge in [-0.3, -0.25) is 4.18 Å². The quantitative estimate of drug-likeness (QED) is 0.251. The molecule has 8 heteroatoms. The molecule has 0 bridgehead atoms. The highest BCUT2D eigenvalue weighted by atomic mass is 32.2. The summed E-state index contributed by atoms with van der Waals surface area (Å²) in [6.45, 7) is 2.00. The SMILES string of the molecule is COCOC(CCCOS(=O)(=O)c1ccc(C)cc1)c1cc(-c2ccccc2)no1. The molecule has 0 spiro atoms. The van der Waals surface area contributed by atoms with Crippen molar-refractivity contribution in [2.45, 2.75) is 30.8 Å². The summed E-state index contributed by atoms with van der Waals surface area (Å²) in [6.07, 6.45) is 0.498. The predicted octanol–water partition coefficient (Wildman–Crippen LogP) is 4.50. The molecule has 1 unspecified atom stereocenters. The van der Waals surface area contributed by atoms with Crippen molar-refractivity contribution in [1.82, 2.24) is 5.16 Å². The molecule has 7 nitrogen and oxygen atoms in total. The van der Waals surface area contributed by atoms with Crippen molar-refractivity contribution in [2.24, 2.45) is 0 Å². The second-order valence-electron chi connectivity index (χ2n) is 6.77. The number of rotatable bonds is 11. The van der Waals surface area contributed by atoms with Gasteiger partial charge in [0.15, 0.2) is 5.76 Å². The number of nitrogens with zero attached hydrogens (tertiary/aromatic N) is 1. The lowest BCUT2D eigenvalue weighted by molar-refractivity contribution is -0.0847. The number of hydrogen-bond donors (Lipinski definition) is 0. The van der Waals surface area contributed by atoms with Crippen LogP contribution >= 0.6 is 0 Å². The van der Waals surface area contributed by atoms with Gasteiger partial charge in [-0.1, -0.05) is 53.2 Å². The Hall–Kier alpha value is -2.52. The summed E-state index contributed by atoms with van der Waals surface area (Å²) in [5.41, 5.74) is 2.62. The smallest absolute Gasteiger partial charge is 0.296 e. The Bertz CT molecular complexity index is 1020. The minimum Gasteiger partial charge on any atom is -0.359 e. The Kier molecular flexibility index (Phi) is 7.75. The summed E-state index contributed by atoms with van der Waals surface area (Å²) < 4.78 is 45.9. The first kappa shape index (κ1) is 22.2. The molecule has 0 N–H and O–H groups in total. The van der Waals surface area contributed by atoms with E-state index in [-0.39, 0.29) is 18.3 Å². The van der Waals surface area contributed by atoms with Crippen molar-refractivity contribution in [2.75, 3.05) is 20.5 Å². The van der Waals surface area contributed by atoms with Crippen molar-refractivity contribution in [3.8, 4) is 11.3 Å². The van der Waals surface area contributed by atoms with Crippen LogP contribution in [-0.4, -0.2) is 34.1 Å². The molecule has 30 heavy (non-hydrogen) atoms. The zero-order chi connectivity index (χ0) is 21.4. The van der Waals surface area contributed by atoms with E-state index in [1.807, 2.05) is 43.3 Å². The van der Waals surface area contributed by atoms with Crippen LogP contribution in [0.5, 0.6) is 0 Å². The molecule has 160 valence electrons. The van der Waals surface area contributed by atoms with E-state index in [9.17, 15) is 8.42 Å². The van der Waals surface area contributed by atoms with Gasteiger partial charge in [0.1, 0.15) is 18.6 Å². The second-order valence-corrected chi connectivity index (χ2v) is 8.39. The van der Waals surface area contributed by atoms with E-state index in [1.54, 1.807) is 12.1 Å². The van der Waals surface area contributed by atoms with Gasteiger partial charge in [0.2, 0.25) is 0 Å². The van der Waals surface area contributed by atoms with Gasteiger partial charge < -0.3 is 14.0 Å². The summed E-state index contributed by atoms with van der Waals surface area (Å²) in [6, 6.07) is 18.0. The summed E-state index contributed by atoms with van der Waals surface area (Å²) in [7, 11) is -2.26. The molecule has 1 heterocycles. The van der Waals surface area contributed by atoms with Crippen LogP contribution in [0.2, 0.25) is 0 Å². The van der Waals surface area contributed by atoms with Crippen molar-refractivity contribution in [3.63, 3.8) is 0 Å². The van der Waals surface area contributed by atoms with Gasteiger partial charge in [-0.2, -0.15) is 8.42 Å². The fraction of sp³-hybridized carbons (Fsp3) is 0.318. The highest BCUT2D eigenvalue weighted by molar-refractivity contribution is 7.86. The lowest BCUT2D eigenvalue weighted by atomic mass is 10.1. The summed E-state index contributed by atoms with van der Waals surface area (Å²) in [5, 5.41) is 4.11. The number of ether oxygens (including phenoxy) is 2. The van der Waals surface area contributed by atoms with E-state index >= 15 is 0 Å². The molecule has 2 aromatic carbocycles. The molecule has 0 fully saturated rings. The van der Waals surface area contributed by atoms with Crippen molar-refractivity contribution in [3.05, 3.63) is 72.0 Å². The van der Waals surface area contributed by atoms with Gasteiger partial charge in [-0.15, -0.1) is 0 Å². The Morgan fingerprint density at radius 3 is 2.50 bits per heavy atom. The van der Waals surface area contributed by atoms with E-state index in [2.05, 4.69) is 5.16 Å². The fourth-order valence-corrected chi connectivity index (χ4v) is 3.80. The lowest BCUT2D eigenvalue weighted by Gasteiger charge is -2.14.